The molecule has 0 aliphatic carbocycles. The minimum atomic E-state index is 0.606. The highest BCUT2D eigenvalue weighted by molar-refractivity contribution is 6.12. The summed E-state index contributed by atoms with van der Waals surface area (Å²) in [6, 6.07) is 65.9. The molecule has 3 aromatic heterocycles. The van der Waals surface area contributed by atoms with Gasteiger partial charge in [0.15, 0.2) is 0 Å². The van der Waals surface area contributed by atoms with Gasteiger partial charge in [0.05, 0.1) is 56.4 Å². The molecule has 0 saturated heterocycles. The smallest absolute Gasteiger partial charge is 0.0998 e. The molecule has 0 aliphatic heterocycles. The lowest BCUT2D eigenvalue weighted by atomic mass is 9.99. The Balaban J connectivity index is 1.09. The van der Waals surface area contributed by atoms with Crippen molar-refractivity contribution >= 4 is 65.4 Å². The third-order valence-electron chi connectivity index (χ3n) is 11.1. The van der Waals surface area contributed by atoms with Crippen molar-refractivity contribution in [2.45, 2.75) is 0 Å². The zero-order chi connectivity index (χ0) is 36.6. The minimum absolute atomic E-state index is 0.606. The van der Waals surface area contributed by atoms with Crippen molar-refractivity contribution in [3.63, 3.8) is 0 Å². The summed E-state index contributed by atoms with van der Waals surface area (Å²) >= 11 is 0. The number of hydrogen-bond donors (Lipinski definition) is 0. The van der Waals surface area contributed by atoms with Crippen LogP contribution in [-0.2, 0) is 0 Å². The predicted molar refractivity (Wildman–Crippen MR) is 224 cm³/mol. The first-order valence-corrected chi connectivity index (χ1v) is 18.3. The average Bonchev–Trinajstić information content (AvgIpc) is 3.88. The molecule has 0 saturated carbocycles. The van der Waals surface area contributed by atoms with Gasteiger partial charge in [0.2, 0.25) is 0 Å². The van der Waals surface area contributed by atoms with Gasteiger partial charge in [-0.1, -0.05) is 97.1 Å². The average molecular weight is 700 g/mol. The minimum Gasteiger partial charge on any atom is -0.309 e. The molecular weight excluding hydrogens is 671 g/mol. The Morgan fingerprint density at radius 3 is 1.42 bits per heavy atom. The first-order valence-electron chi connectivity index (χ1n) is 18.3. The summed E-state index contributed by atoms with van der Waals surface area (Å²) in [7, 11) is 0. The topological polar surface area (TPSA) is 62.4 Å². The van der Waals surface area contributed by atoms with Crippen LogP contribution in [0, 0.1) is 22.7 Å². The van der Waals surface area contributed by atoms with E-state index in [9.17, 15) is 10.5 Å². The van der Waals surface area contributed by atoms with Gasteiger partial charge < -0.3 is 13.7 Å². The molecule has 0 radical (unpaired) electrons. The van der Waals surface area contributed by atoms with Crippen LogP contribution in [0.1, 0.15) is 11.1 Å². The van der Waals surface area contributed by atoms with Gasteiger partial charge in [0.25, 0.3) is 0 Å². The Bertz CT molecular complexity index is 3420. The Hall–Kier alpha value is -7.86. The van der Waals surface area contributed by atoms with Crippen molar-refractivity contribution in [2.24, 2.45) is 0 Å². The molecule has 5 heteroatoms. The van der Waals surface area contributed by atoms with E-state index in [4.69, 9.17) is 0 Å². The Morgan fingerprint density at radius 1 is 0.327 bits per heavy atom. The molecule has 0 N–H and O–H groups in total. The van der Waals surface area contributed by atoms with E-state index in [-0.39, 0.29) is 0 Å². The first-order chi connectivity index (χ1) is 27.2. The highest BCUT2D eigenvalue weighted by atomic mass is 15.0. The van der Waals surface area contributed by atoms with E-state index in [0.29, 0.717) is 11.1 Å². The number of benzene rings is 8. The Labute approximate surface area is 316 Å². The van der Waals surface area contributed by atoms with Crippen molar-refractivity contribution in [3.8, 4) is 40.3 Å². The van der Waals surface area contributed by atoms with Crippen molar-refractivity contribution in [1.29, 1.82) is 10.5 Å². The van der Waals surface area contributed by atoms with Crippen LogP contribution in [0.25, 0.3) is 93.6 Å². The molecule has 55 heavy (non-hydrogen) atoms. The predicted octanol–water partition coefficient (Wildman–Crippen LogP) is 12.4. The normalized spacial score (nSPS) is 11.6. The number of aromatic nitrogens is 3. The lowest BCUT2D eigenvalue weighted by Crippen LogP contribution is -1.98. The van der Waals surface area contributed by atoms with Crippen molar-refractivity contribution in [3.05, 3.63) is 187 Å². The van der Waals surface area contributed by atoms with Crippen molar-refractivity contribution < 1.29 is 0 Å². The van der Waals surface area contributed by atoms with Gasteiger partial charge in [0.1, 0.15) is 0 Å². The van der Waals surface area contributed by atoms with Crippen LogP contribution in [0.2, 0.25) is 0 Å². The molecular formula is C50H29N5. The third-order valence-corrected chi connectivity index (χ3v) is 11.1. The van der Waals surface area contributed by atoms with Crippen LogP contribution in [0.5, 0.6) is 0 Å². The number of nitriles is 2. The van der Waals surface area contributed by atoms with Gasteiger partial charge in [-0.25, -0.2) is 0 Å². The summed E-state index contributed by atoms with van der Waals surface area (Å²) in [6.07, 6.45) is 0. The standard InChI is InChI=1S/C50H29N5/c51-30-32-20-25-49-44(26-32)42-15-4-8-19-48(42)54(49)37-22-24-43-41-14-3-7-18-47(41)55(50(43)29-37)36-21-23-38(34(28-36)31-52)33-10-9-11-35(27-33)53-45-16-5-1-12-39(45)40-13-2-6-17-46(40)53/h1-29H. The lowest BCUT2D eigenvalue weighted by molar-refractivity contribution is 1.15. The fraction of sp³-hybridized carbons (Fsp3) is 0. The highest BCUT2D eigenvalue weighted by Gasteiger charge is 2.19. The monoisotopic (exact) mass is 699 g/mol. The summed E-state index contributed by atoms with van der Waals surface area (Å²) < 4.78 is 6.86. The summed E-state index contributed by atoms with van der Waals surface area (Å²) in [5, 5.41) is 27.2. The Kier molecular flexibility index (Phi) is 6.61. The Morgan fingerprint density at radius 2 is 0.818 bits per heavy atom. The summed E-state index contributed by atoms with van der Waals surface area (Å²) in [4.78, 5) is 0. The molecule has 254 valence electrons. The van der Waals surface area contributed by atoms with Gasteiger partial charge in [-0.15, -0.1) is 0 Å². The fourth-order valence-electron chi connectivity index (χ4n) is 8.73. The molecule has 11 rings (SSSR count). The van der Waals surface area contributed by atoms with Crippen LogP contribution < -0.4 is 0 Å². The first kappa shape index (κ1) is 30.7. The second-order valence-electron chi connectivity index (χ2n) is 14.0. The number of rotatable bonds is 4. The van der Waals surface area contributed by atoms with E-state index in [1.54, 1.807) is 0 Å². The van der Waals surface area contributed by atoms with Crippen molar-refractivity contribution in [1.82, 2.24) is 13.7 Å². The van der Waals surface area contributed by atoms with E-state index in [2.05, 4.69) is 171 Å². The van der Waals surface area contributed by atoms with Gasteiger partial charge in [-0.05, 0) is 90.0 Å². The van der Waals surface area contributed by atoms with Gasteiger partial charge in [-0.2, -0.15) is 10.5 Å². The second-order valence-corrected chi connectivity index (χ2v) is 14.0. The highest BCUT2D eigenvalue weighted by Crippen LogP contribution is 2.39. The summed E-state index contributed by atoms with van der Waals surface area (Å²) in [6.45, 7) is 0. The van der Waals surface area contributed by atoms with Gasteiger partial charge >= 0.3 is 0 Å². The largest absolute Gasteiger partial charge is 0.309 e. The zero-order valence-electron chi connectivity index (χ0n) is 29.5. The van der Waals surface area contributed by atoms with Crippen LogP contribution in [0.4, 0.5) is 0 Å². The van der Waals surface area contributed by atoms with Crippen LogP contribution in [0.15, 0.2) is 176 Å². The van der Waals surface area contributed by atoms with Gasteiger partial charge in [0, 0.05) is 49.4 Å². The van der Waals surface area contributed by atoms with Crippen LogP contribution in [0.3, 0.4) is 0 Å². The van der Waals surface area contributed by atoms with E-state index in [1.807, 2.05) is 30.3 Å². The molecule has 0 aliphatic rings. The van der Waals surface area contributed by atoms with E-state index >= 15 is 0 Å². The molecule has 0 unspecified atom stereocenters. The molecule has 8 aromatic carbocycles. The molecule has 5 nitrogen and oxygen atoms in total. The number of fused-ring (bicyclic) bond motifs is 9. The molecule has 11 aromatic rings. The maximum atomic E-state index is 10.7. The molecule has 0 spiro atoms. The summed E-state index contributed by atoms with van der Waals surface area (Å²) in [5.74, 6) is 0. The second kappa shape index (κ2) is 11.8. The number of hydrogen-bond acceptors (Lipinski definition) is 2. The van der Waals surface area contributed by atoms with E-state index in [1.165, 1.54) is 10.8 Å². The van der Waals surface area contributed by atoms with Gasteiger partial charge in [-0.3, -0.25) is 0 Å². The maximum absolute atomic E-state index is 10.7. The molecule has 0 amide bonds. The van der Waals surface area contributed by atoms with E-state index in [0.717, 1.165) is 82.8 Å². The molecule has 0 atom stereocenters. The molecule has 0 fully saturated rings. The maximum Gasteiger partial charge on any atom is 0.0998 e. The van der Waals surface area contributed by atoms with Crippen LogP contribution >= 0.6 is 0 Å². The lowest BCUT2D eigenvalue weighted by Gasteiger charge is -2.14. The van der Waals surface area contributed by atoms with E-state index < -0.39 is 0 Å². The fourth-order valence-corrected chi connectivity index (χ4v) is 8.73. The quantitative estimate of drug-likeness (QED) is 0.184. The summed E-state index contributed by atoms with van der Waals surface area (Å²) in [5.41, 5.74) is 12.6. The molecule has 3 heterocycles. The zero-order valence-corrected chi connectivity index (χ0v) is 29.5. The third kappa shape index (κ3) is 4.51. The number of para-hydroxylation sites is 4. The molecule has 0 bridgehead atoms. The SMILES string of the molecule is N#Cc1ccc2c(c1)c1ccccc1n2-c1ccc2c3ccccc3n(-c3ccc(-c4cccc(-n5c6ccccc6c6ccccc65)c4)c(C#N)c3)c2c1. The number of nitrogens with zero attached hydrogens (tertiary/aromatic N) is 5. The van der Waals surface area contributed by atoms with Crippen molar-refractivity contribution in [2.75, 3.05) is 0 Å². The van der Waals surface area contributed by atoms with Crippen LogP contribution in [-0.4, -0.2) is 13.7 Å².